The van der Waals surface area contributed by atoms with E-state index in [4.69, 9.17) is 5.26 Å². The molecule has 1 aliphatic heterocycles. The quantitative estimate of drug-likeness (QED) is 0.695. The maximum Gasteiger partial charge on any atom is 0.163 e. The molecule has 5 heteroatoms. The molecule has 1 saturated heterocycles. The second-order valence-electron chi connectivity index (χ2n) is 3.43. The number of sulfone groups is 1. The summed E-state index contributed by atoms with van der Waals surface area (Å²) in [6.07, 6.45) is 1.99. The lowest BCUT2D eigenvalue weighted by Gasteiger charge is -2.21. The molecule has 1 fully saturated rings. The molecule has 1 heterocycles. The normalized spacial score (nSPS) is 23.8. The van der Waals surface area contributed by atoms with Crippen molar-refractivity contribution in [3.05, 3.63) is 0 Å². The second kappa shape index (κ2) is 4.58. The van der Waals surface area contributed by atoms with Crippen molar-refractivity contribution >= 4 is 9.84 Å². The van der Waals surface area contributed by atoms with E-state index in [9.17, 15) is 8.42 Å². The minimum atomic E-state index is -3.13. The van der Waals surface area contributed by atoms with Crippen LogP contribution < -0.4 is 5.32 Å². The third-order valence-electron chi connectivity index (χ3n) is 2.17. The Bertz CT molecular complexity index is 286. The smallest absolute Gasteiger partial charge is 0.163 e. The Morgan fingerprint density at radius 2 is 2.31 bits per heavy atom. The van der Waals surface area contributed by atoms with Crippen molar-refractivity contribution in [2.75, 3.05) is 24.6 Å². The zero-order valence-corrected chi connectivity index (χ0v) is 8.31. The molecular formula is C8H14N2O2S. The van der Waals surface area contributed by atoms with Gasteiger partial charge in [0.25, 0.3) is 0 Å². The van der Waals surface area contributed by atoms with Crippen molar-refractivity contribution in [3.8, 4) is 6.07 Å². The molecule has 1 rings (SSSR count). The molecule has 1 aliphatic rings. The molecule has 74 valence electrons. The molecule has 1 unspecified atom stereocenters. The van der Waals surface area contributed by atoms with Crippen LogP contribution in [0.4, 0.5) is 0 Å². The summed E-state index contributed by atoms with van der Waals surface area (Å²) < 4.78 is 22.5. The highest BCUT2D eigenvalue weighted by atomic mass is 32.2. The van der Waals surface area contributed by atoms with Gasteiger partial charge in [0, 0.05) is 0 Å². The number of rotatable bonds is 3. The van der Waals surface area contributed by atoms with E-state index >= 15 is 0 Å². The molecule has 1 N–H and O–H groups in total. The molecule has 0 radical (unpaired) electrons. The number of nitrogens with zero attached hydrogens (tertiary/aromatic N) is 1. The van der Waals surface area contributed by atoms with Gasteiger partial charge in [-0.05, 0) is 31.8 Å². The number of nitriles is 1. The first-order valence-corrected chi connectivity index (χ1v) is 6.24. The second-order valence-corrected chi connectivity index (χ2v) is 5.53. The van der Waals surface area contributed by atoms with Gasteiger partial charge in [0.1, 0.15) is 5.75 Å². The minimum absolute atomic E-state index is 0.160. The molecular weight excluding hydrogens is 188 g/mol. The predicted octanol–water partition coefficient (Wildman–Crippen LogP) is -0.0756. The van der Waals surface area contributed by atoms with Crippen molar-refractivity contribution in [2.24, 2.45) is 5.92 Å². The third-order valence-corrected chi connectivity index (χ3v) is 3.72. The molecule has 4 nitrogen and oxygen atoms in total. The molecule has 0 aromatic heterocycles. The highest BCUT2D eigenvalue weighted by Gasteiger charge is 2.20. The maximum atomic E-state index is 11.2. The first-order chi connectivity index (χ1) is 6.14. The zero-order valence-electron chi connectivity index (χ0n) is 7.49. The molecule has 1 atom stereocenters. The fraction of sp³-hybridized carbons (Fsp3) is 0.875. The third kappa shape index (κ3) is 3.75. The van der Waals surface area contributed by atoms with Crippen LogP contribution in [-0.4, -0.2) is 33.0 Å². The van der Waals surface area contributed by atoms with E-state index in [-0.39, 0.29) is 17.4 Å². The van der Waals surface area contributed by atoms with Gasteiger partial charge >= 0.3 is 0 Å². The van der Waals surface area contributed by atoms with Crippen LogP contribution in [0, 0.1) is 17.2 Å². The minimum Gasteiger partial charge on any atom is -0.316 e. The fourth-order valence-electron chi connectivity index (χ4n) is 1.58. The Morgan fingerprint density at radius 3 is 2.85 bits per heavy atom. The lowest BCUT2D eigenvalue weighted by Crippen LogP contribution is -2.34. The van der Waals surface area contributed by atoms with Crippen LogP contribution >= 0.6 is 0 Å². The van der Waals surface area contributed by atoms with Gasteiger partial charge in [-0.3, -0.25) is 0 Å². The van der Waals surface area contributed by atoms with Gasteiger partial charge in [0.15, 0.2) is 9.84 Å². The van der Waals surface area contributed by atoms with E-state index in [1.165, 1.54) is 0 Å². The SMILES string of the molecule is N#CCS(=O)(=O)CC1CCCNC1. The van der Waals surface area contributed by atoms with Crippen LogP contribution in [0.15, 0.2) is 0 Å². The summed E-state index contributed by atoms with van der Waals surface area (Å²) >= 11 is 0. The first-order valence-electron chi connectivity index (χ1n) is 4.42. The van der Waals surface area contributed by atoms with E-state index < -0.39 is 9.84 Å². The Kier molecular flexibility index (Phi) is 3.70. The van der Waals surface area contributed by atoms with Crippen LogP contribution in [0.3, 0.4) is 0 Å². The van der Waals surface area contributed by atoms with E-state index in [2.05, 4.69) is 5.32 Å². The standard InChI is InChI=1S/C8H14N2O2S/c9-3-5-13(11,12)7-8-2-1-4-10-6-8/h8,10H,1-2,4-7H2. The maximum absolute atomic E-state index is 11.2. The van der Waals surface area contributed by atoms with E-state index in [1.54, 1.807) is 6.07 Å². The number of hydrogen-bond acceptors (Lipinski definition) is 4. The topological polar surface area (TPSA) is 70.0 Å². The van der Waals surface area contributed by atoms with E-state index in [0.29, 0.717) is 0 Å². The van der Waals surface area contributed by atoms with Gasteiger partial charge in [0.05, 0.1) is 11.8 Å². The predicted molar refractivity (Wildman–Crippen MR) is 49.9 cm³/mol. The van der Waals surface area contributed by atoms with E-state index in [0.717, 1.165) is 25.9 Å². The van der Waals surface area contributed by atoms with Crippen molar-refractivity contribution in [2.45, 2.75) is 12.8 Å². The van der Waals surface area contributed by atoms with Gasteiger partial charge < -0.3 is 5.32 Å². The van der Waals surface area contributed by atoms with Crippen LogP contribution in [0.2, 0.25) is 0 Å². The molecule has 0 spiro atoms. The number of hydrogen-bond donors (Lipinski definition) is 1. The Balaban J connectivity index is 2.43. The highest BCUT2D eigenvalue weighted by molar-refractivity contribution is 7.91. The van der Waals surface area contributed by atoms with Crippen LogP contribution in [0.25, 0.3) is 0 Å². The van der Waals surface area contributed by atoms with Gasteiger partial charge in [-0.2, -0.15) is 5.26 Å². The Labute approximate surface area is 78.9 Å². The average Bonchev–Trinajstić information content (AvgIpc) is 2.04. The van der Waals surface area contributed by atoms with E-state index in [1.807, 2.05) is 0 Å². The Morgan fingerprint density at radius 1 is 1.54 bits per heavy atom. The van der Waals surface area contributed by atoms with Crippen LogP contribution in [0.5, 0.6) is 0 Å². The van der Waals surface area contributed by atoms with Crippen molar-refractivity contribution in [3.63, 3.8) is 0 Å². The molecule has 0 amide bonds. The average molecular weight is 202 g/mol. The molecule has 0 aliphatic carbocycles. The molecule has 13 heavy (non-hydrogen) atoms. The van der Waals surface area contributed by atoms with Crippen molar-refractivity contribution in [1.29, 1.82) is 5.26 Å². The lowest BCUT2D eigenvalue weighted by molar-refractivity contribution is 0.404. The summed E-state index contributed by atoms with van der Waals surface area (Å²) in [7, 11) is -3.13. The van der Waals surface area contributed by atoms with Gasteiger partial charge in [-0.1, -0.05) is 0 Å². The monoisotopic (exact) mass is 202 g/mol. The molecule has 0 bridgehead atoms. The summed E-state index contributed by atoms with van der Waals surface area (Å²) in [4.78, 5) is 0. The van der Waals surface area contributed by atoms with Gasteiger partial charge in [0.2, 0.25) is 0 Å². The van der Waals surface area contributed by atoms with Crippen LogP contribution in [0.1, 0.15) is 12.8 Å². The largest absolute Gasteiger partial charge is 0.316 e. The highest BCUT2D eigenvalue weighted by Crippen LogP contribution is 2.12. The molecule has 0 saturated carbocycles. The fourth-order valence-corrected chi connectivity index (χ4v) is 2.90. The number of piperidine rings is 1. The summed E-state index contributed by atoms with van der Waals surface area (Å²) in [6.45, 7) is 1.75. The van der Waals surface area contributed by atoms with Crippen LogP contribution in [-0.2, 0) is 9.84 Å². The number of nitrogens with one attached hydrogen (secondary N) is 1. The summed E-state index contributed by atoms with van der Waals surface area (Å²) in [5, 5.41) is 11.4. The molecule has 0 aromatic carbocycles. The van der Waals surface area contributed by atoms with Crippen molar-refractivity contribution < 1.29 is 8.42 Å². The lowest BCUT2D eigenvalue weighted by atomic mass is 10.0. The summed E-state index contributed by atoms with van der Waals surface area (Å²) in [5.41, 5.74) is 0. The molecule has 0 aromatic rings. The van der Waals surface area contributed by atoms with Crippen molar-refractivity contribution in [1.82, 2.24) is 5.32 Å². The summed E-state index contributed by atoms with van der Waals surface area (Å²) in [6, 6.07) is 1.69. The Hall–Kier alpha value is -0.600. The first kappa shape index (κ1) is 10.5. The van der Waals surface area contributed by atoms with Gasteiger partial charge in [-0.25, -0.2) is 8.42 Å². The summed E-state index contributed by atoms with van der Waals surface area (Å²) in [5.74, 6) is 0.0175. The zero-order chi connectivity index (χ0) is 9.73. The van der Waals surface area contributed by atoms with Gasteiger partial charge in [-0.15, -0.1) is 0 Å².